The zero-order chi connectivity index (χ0) is 18.7. The van der Waals surface area contributed by atoms with Crippen molar-refractivity contribution in [2.75, 3.05) is 5.32 Å². The second-order valence-electron chi connectivity index (χ2n) is 6.16. The Labute approximate surface area is 148 Å². The van der Waals surface area contributed by atoms with Gasteiger partial charge in [0.15, 0.2) is 0 Å². The molecule has 136 valence electrons. The van der Waals surface area contributed by atoms with Crippen LogP contribution in [0.3, 0.4) is 0 Å². The maximum atomic E-state index is 12.5. The van der Waals surface area contributed by atoms with E-state index < -0.39 is 17.8 Å². The van der Waals surface area contributed by atoms with Crippen LogP contribution in [0.5, 0.6) is 0 Å². The minimum Gasteiger partial charge on any atom is -0.334 e. The van der Waals surface area contributed by atoms with Crippen molar-refractivity contribution in [1.82, 2.24) is 5.32 Å². The van der Waals surface area contributed by atoms with Crippen molar-refractivity contribution in [3.05, 3.63) is 64.7 Å². The summed E-state index contributed by atoms with van der Waals surface area (Å²) in [4.78, 5) is 23.6. The third-order valence-corrected chi connectivity index (χ3v) is 4.30. The Hall–Kier alpha value is -2.83. The number of hydrogen-bond donors (Lipinski definition) is 2. The topological polar surface area (TPSA) is 58.2 Å². The van der Waals surface area contributed by atoms with Crippen LogP contribution in [0.2, 0.25) is 0 Å². The van der Waals surface area contributed by atoms with Crippen LogP contribution in [0.4, 0.5) is 23.7 Å². The van der Waals surface area contributed by atoms with Gasteiger partial charge in [0.1, 0.15) is 5.78 Å². The van der Waals surface area contributed by atoms with Gasteiger partial charge in [0.05, 0.1) is 5.56 Å². The number of ketones is 1. The molecule has 0 spiro atoms. The van der Waals surface area contributed by atoms with Crippen LogP contribution in [-0.4, -0.2) is 11.8 Å². The fourth-order valence-corrected chi connectivity index (χ4v) is 2.94. The van der Waals surface area contributed by atoms with Gasteiger partial charge in [-0.1, -0.05) is 24.3 Å². The quantitative estimate of drug-likeness (QED) is 0.864. The second kappa shape index (κ2) is 7.19. The Morgan fingerprint density at radius 3 is 2.46 bits per heavy atom. The first-order valence-corrected chi connectivity index (χ1v) is 8.16. The molecule has 2 amide bonds. The summed E-state index contributed by atoms with van der Waals surface area (Å²) >= 11 is 0. The summed E-state index contributed by atoms with van der Waals surface area (Å²) in [7, 11) is 0. The average molecular weight is 362 g/mol. The number of alkyl halides is 3. The maximum Gasteiger partial charge on any atom is 0.416 e. The number of rotatable bonds is 3. The number of carbonyl (C=O) groups is 2. The molecule has 0 bridgehead atoms. The van der Waals surface area contributed by atoms with Crippen LogP contribution >= 0.6 is 0 Å². The van der Waals surface area contributed by atoms with E-state index >= 15 is 0 Å². The average Bonchev–Trinajstić information content (AvgIpc) is 2.59. The van der Waals surface area contributed by atoms with Crippen LogP contribution in [0.15, 0.2) is 42.5 Å². The van der Waals surface area contributed by atoms with Gasteiger partial charge in [-0.05, 0) is 41.3 Å². The monoisotopic (exact) mass is 362 g/mol. The van der Waals surface area contributed by atoms with E-state index in [1.807, 2.05) is 6.07 Å². The van der Waals surface area contributed by atoms with Crippen LogP contribution in [0, 0.1) is 0 Å². The van der Waals surface area contributed by atoms with E-state index in [-0.39, 0.29) is 12.3 Å². The molecule has 0 saturated heterocycles. The van der Waals surface area contributed by atoms with Gasteiger partial charge in [-0.15, -0.1) is 0 Å². The van der Waals surface area contributed by atoms with Crippen molar-refractivity contribution >= 4 is 17.5 Å². The van der Waals surface area contributed by atoms with E-state index in [0.717, 1.165) is 23.3 Å². The van der Waals surface area contributed by atoms with Gasteiger partial charge >= 0.3 is 12.2 Å². The van der Waals surface area contributed by atoms with Crippen molar-refractivity contribution in [2.24, 2.45) is 0 Å². The number of Topliss-reactive ketones (excluding diaryl/α,β-unsaturated/α-hetero) is 1. The zero-order valence-electron chi connectivity index (χ0n) is 13.8. The minimum atomic E-state index is -4.38. The third-order valence-electron chi connectivity index (χ3n) is 4.30. The molecule has 0 atom stereocenters. The number of fused-ring (bicyclic) bond motifs is 1. The van der Waals surface area contributed by atoms with Crippen LogP contribution in [0.25, 0.3) is 0 Å². The number of amides is 2. The minimum absolute atomic E-state index is 0.109. The molecule has 2 N–H and O–H groups in total. The van der Waals surface area contributed by atoms with Gasteiger partial charge in [0.2, 0.25) is 0 Å². The van der Waals surface area contributed by atoms with Crippen LogP contribution in [-0.2, 0) is 30.4 Å². The van der Waals surface area contributed by atoms with Gasteiger partial charge in [-0.3, -0.25) is 4.79 Å². The highest BCUT2D eigenvalue weighted by atomic mass is 19.4. The molecule has 2 aromatic rings. The molecule has 1 aliphatic rings. The standard InChI is InChI=1S/C19H17F3N2O2/c20-19(21,22)14-6-4-12(5-7-14)11-23-18(26)24-17-3-1-2-13-10-15(25)8-9-16(13)17/h1-7H,8-11H2,(H2,23,24,26). The lowest BCUT2D eigenvalue weighted by molar-refractivity contribution is -0.137. The number of benzene rings is 2. The summed E-state index contributed by atoms with van der Waals surface area (Å²) in [5, 5.41) is 5.37. The first-order chi connectivity index (χ1) is 12.3. The van der Waals surface area contributed by atoms with Gasteiger partial charge < -0.3 is 10.6 Å². The molecule has 0 heterocycles. The lowest BCUT2D eigenvalue weighted by Crippen LogP contribution is -2.29. The molecule has 0 unspecified atom stereocenters. The summed E-state index contributed by atoms with van der Waals surface area (Å²) in [6, 6.07) is 9.61. The van der Waals surface area contributed by atoms with Crippen LogP contribution in [0.1, 0.15) is 28.7 Å². The predicted octanol–water partition coefficient (Wildman–Crippen LogP) is 4.08. The molecule has 0 saturated carbocycles. The zero-order valence-corrected chi connectivity index (χ0v) is 13.8. The number of anilines is 1. The maximum absolute atomic E-state index is 12.5. The molecule has 0 radical (unpaired) electrons. The number of nitrogens with one attached hydrogen (secondary N) is 2. The fourth-order valence-electron chi connectivity index (χ4n) is 2.94. The third kappa shape index (κ3) is 4.22. The van der Waals surface area contributed by atoms with Crippen LogP contribution < -0.4 is 10.6 Å². The van der Waals surface area contributed by atoms with Crippen molar-refractivity contribution in [2.45, 2.75) is 32.0 Å². The van der Waals surface area contributed by atoms with E-state index in [4.69, 9.17) is 0 Å². The summed E-state index contributed by atoms with van der Waals surface area (Å²) in [6.07, 6.45) is -2.96. The Morgan fingerprint density at radius 1 is 1.04 bits per heavy atom. The highest BCUT2D eigenvalue weighted by molar-refractivity contribution is 5.92. The first-order valence-electron chi connectivity index (χ1n) is 8.16. The normalized spacial score (nSPS) is 13.9. The van der Waals surface area contributed by atoms with Gasteiger partial charge in [0, 0.05) is 25.1 Å². The first kappa shape index (κ1) is 18.0. The molecule has 1 aliphatic carbocycles. The molecule has 7 heteroatoms. The van der Waals surface area contributed by atoms with E-state index in [9.17, 15) is 22.8 Å². The molecule has 4 nitrogen and oxygen atoms in total. The number of halogens is 3. The van der Waals surface area contributed by atoms with E-state index in [2.05, 4.69) is 10.6 Å². The summed E-state index contributed by atoms with van der Waals surface area (Å²) in [5.74, 6) is 0.182. The SMILES string of the molecule is O=C1CCc2c(cccc2NC(=O)NCc2ccc(C(F)(F)F)cc2)C1. The van der Waals surface area contributed by atoms with Crippen molar-refractivity contribution in [1.29, 1.82) is 0 Å². The lowest BCUT2D eigenvalue weighted by Gasteiger charge is -2.19. The van der Waals surface area contributed by atoms with E-state index in [1.165, 1.54) is 12.1 Å². The van der Waals surface area contributed by atoms with Gasteiger partial charge in [0.25, 0.3) is 0 Å². The number of carbonyl (C=O) groups excluding carboxylic acids is 2. The smallest absolute Gasteiger partial charge is 0.334 e. The second-order valence-corrected chi connectivity index (χ2v) is 6.16. The van der Waals surface area contributed by atoms with E-state index in [0.29, 0.717) is 30.5 Å². The Kier molecular flexibility index (Phi) is 4.97. The van der Waals surface area contributed by atoms with Crippen molar-refractivity contribution in [3.8, 4) is 0 Å². The largest absolute Gasteiger partial charge is 0.416 e. The Balaban J connectivity index is 1.60. The molecule has 0 aliphatic heterocycles. The van der Waals surface area contributed by atoms with E-state index in [1.54, 1.807) is 12.1 Å². The fraction of sp³-hybridized carbons (Fsp3) is 0.263. The molecule has 3 rings (SSSR count). The molecule has 0 fully saturated rings. The highest BCUT2D eigenvalue weighted by Gasteiger charge is 2.29. The lowest BCUT2D eigenvalue weighted by atomic mass is 9.89. The Bertz CT molecular complexity index is 830. The molecule has 26 heavy (non-hydrogen) atoms. The summed E-state index contributed by atoms with van der Waals surface area (Å²) in [6.45, 7) is 0.109. The number of urea groups is 1. The Morgan fingerprint density at radius 2 is 1.77 bits per heavy atom. The van der Waals surface area contributed by atoms with Crippen molar-refractivity contribution < 1.29 is 22.8 Å². The molecule has 0 aromatic heterocycles. The highest BCUT2D eigenvalue weighted by Crippen LogP contribution is 2.29. The summed E-state index contributed by atoms with van der Waals surface area (Å²) < 4.78 is 37.6. The molecular formula is C19H17F3N2O2. The predicted molar refractivity (Wildman–Crippen MR) is 90.8 cm³/mol. The van der Waals surface area contributed by atoms with Gasteiger partial charge in [-0.25, -0.2) is 4.79 Å². The number of hydrogen-bond acceptors (Lipinski definition) is 2. The van der Waals surface area contributed by atoms with Crippen molar-refractivity contribution in [3.63, 3.8) is 0 Å². The molecule has 2 aromatic carbocycles. The molecular weight excluding hydrogens is 345 g/mol. The van der Waals surface area contributed by atoms with Gasteiger partial charge in [-0.2, -0.15) is 13.2 Å². The summed E-state index contributed by atoms with van der Waals surface area (Å²) in [5.41, 5.74) is 2.36.